The van der Waals surface area contributed by atoms with Gasteiger partial charge >= 0.3 is 0 Å². The third-order valence-corrected chi connectivity index (χ3v) is 4.35. The molecule has 2 fully saturated rings. The molecule has 1 saturated heterocycles. The van der Waals surface area contributed by atoms with Crippen LogP contribution in [-0.4, -0.2) is 27.1 Å². The first-order valence-corrected chi connectivity index (χ1v) is 6.91. The quantitative estimate of drug-likeness (QED) is 0.844. The van der Waals surface area contributed by atoms with Gasteiger partial charge < -0.3 is 9.88 Å². The van der Waals surface area contributed by atoms with Crippen molar-refractivity contribution in [3.05, 3.63) is 18.2 Å². The number of hydrogen-bond acceptors (Lipinski definition) is 3. The number of rotatable bonds is 4. The number of nitrogens with one attached hydrogen (secondary N) is 1. The van der Waals surface area contributed by atoms with Crippen LogP contribution in [0.5, 0.6) is 0 Å². The molecule has 1 aromatic rings. The predicted molar refractivity (Wildman–Crippen MR) is 63.1 cm³/mol. The number of hydrogen-bond donors (Lipinski definition) is 1. The molecule has 1 unspecified atom stereocenters. The van der Waals surface area contributed by atoms with Gasteiger partial charge in [-0.2, -0.15) is 11.8 Å². The third-order valence-electron chi connectivity index (χ3n) is 3.19. The van der Waals surface area contributed by atoms with Gasteiger partial charge in [0, 0.05) is 30.6 Å². The number of aromatic nitrogens is 2. The van der Waals surface area contributed by atoms with Crippen LogP contribution in [0.3, 0.4) is 0 Å². The van der Waals surface area contributed by atoms with Crippen LogP contribution in [0.4, 0.5) is 0 Å². The molecule has 2 aliphatic rings. The number of thioether (sulfide) groups is 1. The Hall–Kier alpha value is -0.480. The molecule has 0 spiro atoms. The zero-order chi connectivity index (χ0) is 10.1. The molecule has 15 heavy (non-hydrogen) atoms. The van der Waals surface area contributed by atoms with Gasteiger partial charge in [0.25, 0.3) is 0 Å². The van der Waals surface area contributed by atoms with Gasteiger partial charge in [-0.25, -0.2) is 4.98 Å². The summed E-state index contributed by atoms with van der Waals surface area (Å²) in [6.07, 6.45) is 7.99. The first kappa shape index (κ1) is 9.73. The Balaban J connectivity index is 1.58. The number of nitrogens with zero attached hydrogens (tertiary/aromatic N) is 2. The average Bonchev–Trinajstić information content (AvgIpc) is 2.81. The van der Waals surface area contributed by atoms with Gasteiger partial charge in [0.15, 0.2) is 0 Å². The van der Waals surface area contributed by atoms with Gasteiger partial charge in [0.05, 0.1) is 12.0 Å². The van der Waals surface area contributed by atoms with Crippen molar-refractivity contribution in [3.63, 3.8) is 0 Å². The van der Waals surface area contributed by atoms with Crippen LogP contribution in [0.2, 0.25) is 0 Å². The second-order valence-corrected chi connectivity index (χ2v) is 5.61. The van der Waals surface area contributed by atoms with Crippen LogP contribution in [-0.2, 0) is 6.54 Å². The van der Waals surface area contributed by atoms with E-state index in [1.165, 1.54) is 36.5 Å². The van der Waals surface area contributed by atoms with Crippen molar-refractivity contribution in [1.82, 2.24) is 14.9 Å². The van der Waals surface area contributed by atoms with E-state index in [1.54, 1.807) is 0 Å². The highest BCUT2D eigenvalue weighted by Gasteiger charge is 2.25. The summed E-state index contributed by atoms with van der Waals surface area (Å²) in [6, 6.07) is 1.47. The van der Waals surface area contributed by atoms with Crippen molar-refractivity contribution in [1.29, 1.82) is 0 Å². The Kier molecular flexibility index (Phi) is 2.71. The Morgan fingerprint density at radius 1 is 1.47 bits per heavy atom. The van der Waals surface area contributed by atoms with E-state index in [1.807, 2.05) is 12.5 Å². The van der Waals surface area contributed by atoms with Crippen molar-refractivity contribution in [2.24, 2.45) is 0 Å². The Morgan fingerprint density at radius 3 is 3.13 bits per heavy atom. The molecule has 3 rings (SSSR count). The lowest BCUT2D eigenvalue weighted by Gasteiger charge is -2.12. The van der Waals surface area contributed by atoms with E-state index in [2.05, 4.69) is 26.6 Å². The fourth-order valence-electron chi connectivity index (χ4n) is 2.09. The van der Waals surface area contributed by atoms with Gasteiger partial charge in [-0.3, -0.25) is 0 Å². The van der Waals surface area contributed by atoms with Gasteiger partial charge in [-0.05, 0) is 25.0 Å². The maximum atomic E-state index is 4.25. The fraction of sp³-hybridized carbons (Fsp3) is 0.727. The molecule has 1 aliphatic heterocycles. The molecular weight excluding hydrogens is 206 g/mol. The minimum Gasteiger partial charge on any atom is -0.330 e. The van der Waals surface area contributed by atoms with Crippen molar-refractivity contribution in [3.8, 4) is 0 Å². The SMILES string of the molecule is c1ncn(C2CC2)c1CNC1CCSC1. The molecule has 0 aromatic carbocycles. The van der Waals surface area contributed by atoms with E-state index in [4.69, 9.17) is 0 Å². The highest BCUT2D eigenvalue weighted by molar-refractivity contribution is 7.99. The molecule has 1 aliphatic carbocycles. The molecule has 0 bridgehead atoms. The normalized spacial score (nSPS) is 26.0. The second kappa shape index (κ2) is 4.18. The lowest BCUT2D eigenvalue weighted by molar-refractivity contribution is 0.535. The van der Waals surface area contributed by atoms with E-state index in [-0.39, 0.29) is 0 Å². The summed E-state index contributed by atoms with van der Waals surface area (Å²) < 4.78 is 2.34. The monoisotopic (exact) mass is 223 g/mol. The third kappa shape index (κ3) is 2.21. The van der Waals surface area contributed by atoms with Crippen molar-refractivity contribution < 1.29 is 0 Å². The molecule has 1 N–H and O–H groups in total. The van der Waals surface area contributed by atoms with Crippen molar-refractivity contribution in [2.75, 3.05) is 11.5 Å². The molecule has 82 valence electrons. The summed E-state index contributed by atoms with van der Waals surface area (Å²) in [5.41, 5.74) is 1.36. The van der Waals surface area contributed by atoms with Crippen molar-refractivity contribution in [2.45, 2.75) is 37.9 Å². The Bertz CT molecular complexity index is 326. The summed E-state index contributed by atoms with van der Waals surface area (Å²) in [6.45, 7) is 0.988. The lowest BCUT2D eigenvalue weighted by Crippen LogP contribution is -2.28. The summed E-state index contributed by atoms with van der Waals surface area (Å²) in [5.74, 6) is 2.59. The highest BCUT2D eigenvalue weighted by Crippen LogP contribution is 2.35. The van der Waals surface area contributed by atoms with Gasteiger partial charge in [0.2, 0.25) is 0 Å². The zero-order valence-electron chi connectivity index (χ0n) is 8.85. The smallest absolute Gasteiger partial charge is 0.0951 e. The van der Waals surface area contributed by atoms with Crippen LogP contribution >= 0.6 is 11.8 Å². The maximum absolute atomic E-state index is 4.25. The molecule has 4 heteroatoms. The average molecular weight is 223 g/mol. The topological polar surface area (TPSA) is 29.9 Å². The highest BCUT2D eigenvalue weighted by atomic mass is 32.2. The van der Waals surface area contributed by atoms with Crippen LogP contribution in [0, 0.1) is 0 Å². The Morgan fingerprint density at radius 2 is 2.40 bits per heavy atom. The van der Waals surface area contributed by atoms with Crippen LogP contribution in [0.1, 0.15) is 31.0 Å². The predicted octanol–water partition coefficient (Wildman–Crippen LogP) is 1.81. The van der Waals surface area contributed by atoms with Gasteiger partial charge in [-0.1, -0.05) is 0 Å². The largest absolute Gasteiger partial charge is 0.330 e. The first-order valence-electron chi connectivity index (χ1n) is 5.75. The maximum Gasteiger partial charge on any atom is 0.0951 e. The fourth-order valence-corrected chi connectivity index (χ4v) is 3.28. The van der Waals surface area contributed by atoms with Crippen LogP contribution < -0.4 is 5.32 Å². The van der Waals surface area contributed by atoms with Crippen LogP contribution in [0.25, 0.3) is 0 Å². The second-order valence-electron chi connectivity index (χ2n) is 4.46. The van der Waals surface area contributed by atoms with Gasteiger partial charge in [-0.15, -0.1) is 0 Å². The molecule has 1 atom stereocenters. The van der Waals surface area contributed by atoms with E-state index >= 15 is 0 Å². The minimum absolute atomic E-state index is 0.720. The lowest BCUT2D eigenvalue weighted by atomic mass is 10.2. The summed E-state index contributed by atoms with van der Waals surface area (Å²) >= 11 is 2.06. The van der Waals surface area contributed by atoms with Crippen LogP contribution in [0.15, 0.2) is 12.5 Å². The van der Waals surface area contributed by atoms with E-state index in [0.717, 1.165) is 18.6 Å². The molecule has 1 aromatic heterocycles. The molecule has 3 nitrogen and oxygen atoms in total. The molecule has 2 heterocycles. The molecule has 1 saturated carbocycles. The zero-order valence-corrected chi connectivity index (χ0v) is 9.67. The first-order chi connectivity index (χ1) is 7.43. The van der Waals surface area contributed by atoms with Crippen molar-refractivity contribution >= 4 is 11.8 Å². The van der Waals surface area contributed by atoms with E-state index in [9.17, 15) is 0 Å². The minimum atomic E-state index is 0.720. The van der Waals surface area contributed by atoms with E-state index < -0.39 is 0 Å². The van der Waals surface area contributed by atoms with E-state index in [0.29, 0.717) is 0 Å². The summed E-state index contributed by atoms with van der Waals surface area (Å²) in [7, 11) is 0. The molecular formula is C11H17N3S. The molecule has 0 radical (unpaired) electrons. The molecule has 0 amide bonds. The number of imidazole rings is 1. The summed E-state index contributed by atoms with van der Waals surface area (Å²) in [5, 5.41) is 3.63. The summed E-state index contributed by atoms with van der Waals surface area (Å²) in [4.78, 5) is 4.25. The standard InChI is InChI=1S/C11H17N3S/c1-2-10(1)14-8-12-5-11(14)6-13-9-3-4-15-7-9/h5,8-10,13H,1-4,6-7H2. The Labute approximate surface area is 94.7 Å². The van der Waals surface area contributed by atoms with Gasteiger partial charge in [0.1, 0.15) is 0 Å².